The molecule has 1 unspecified atom stereocenters. The molecule has 0 spiro atoms. The zero-order valence-electron chi connectivity index (χ0n) is 12.2. The highest BCUT2D eigenvalue weighted by atomic mass is 16.7. The quantitative estimate of drug-likeness (QED) is 0.884. The number of nitrogens with one attached hydrogen (secondary N) is 1. The summed E-state index contributed by atoms with van der Waals surface area (Å²) in [6, 6.07) is 11.3. The lowest BCUT2D eigenvalue weighted by molar-refractivity contribution is -0.253. The highest BCUT2D eigenvalue weighted by molar-refractivity contribution is 5.19. The van der Waals surface area contributed by atoms with Crippen molar-refractivity contribution < 1.29 is 9.47 Å². The molecular weight excluding hydrogens is 238 g/mol. The predicted octanol–water partition coefficient (Wildman–Crippen LogP) is 3.27. The van der Waals surface area contributed by atoms with E-state index in [2.05, 4.69) is 42.6 Å². The number of hydrogen-bond acceptors (Lipinski definition) is 3. The van der Waals surface area contributed by atoms with Crippen molar-refractivity contribution in [1.82, 2.24) is 5.32 Å². The Kier molecular flexibility index (Phi) is 4.97. The van der Waals surface area contributed by atoms with Gasteiger partial charge in [-0.2, -0.15) is 0 Å². The standard InChI is InChI=1S/C16H25NO2/c1-4-8-15(13-9-6-5-7-10-13)17-14-11-18-16(2,3)19-12-14/h5-7,9-10,14-15,17H,4,8,11-12H2,1-3H3. The van der Waals surface area contributed by atoms with Crippen LogP contribution < -0.4 is 5.32 Å². The molecule has 1 aromatic carbocycles. The first-order valence-electron chi connectivity index (χ1n) is 7.19. The fourth-order valence-electron chi connectivity index (χ4n) is 2.39. The molecule has 1 heterocycles. The van der Waals surface area contributed by atoms with E-state index in [0.29, 0.717) is 19.3 Å². The summed E-state index contributed by atoms with van der Waals surface area (Å²) in [4.78, 5) is 0. The third-order valence-electron chi connectivity index (χ3n) is 3.48. The van der Waals surface area contributed by atoms with Gasteiger partial charge >= 0.3 is 0 Å². The van der Waals surface area contributed by atoms with Gasteiger partial charge in [0.1, 0.15) is 0 Å². The molecular formula is C16H25NO2. The third kappa shape index (κ3) is 4.30. The average Bonchev–Trinajstić information content (AvgIpc) is 2.41. The van der Waals surface area contributed by atoms with E-state index in [0.717, 1.165) is 12.8 Å². The van der Waals surface area contributed by atoms with Gasteiger partial charge in [0.25, 0.3) is 0 Å². The molecule has 1 N–H and O–H groups in total. The molecule has 0 radical (unpaired) electrons. The van der Waals surface area contributed by atoms with E-state index in [9.17, 15) is 0 Å². The second kappa shape index (κ2) is 6.51. The van der Waals surface area contributed by atoms with Gasteiger partial charge in [0.2, 0.25) is 0 Å². The maximum Gasteiger partial charge on any atom is 0.162 e. The summed E-state index contributed by atoms with van der Waals surface area (Å²) in [6.45, 7) is 7.56. The normalized spacial score (nSPS) is 21.2. The van der Waals surface area contributed by atoms with Crippen LogP contribution in [0, 0.1) is 0 Å². The Morgan fingerprint density at radius 2 is 1.84 bits per heavy atom. The van der Waals surface area contributed by atoms with Crippen LogP contribution in [0.25, 0.3) is 0 Å². The first-order chi connectivity index (χ1) is 9.11. The Bertz CT molecular complexity index is 368. The van der Waals surface area contributed by atoms with Gasteiger partial charge in [-0.3, -0.25) is 0 Å². The van der Waals surface area contributed by atoms with Crippen LogP contribution in [0.15, 0.2) is 30.3 Å². The first-order valence-corrected chi connectivity index (χ1v) is 7.19. The van der Waals surface area contributed by atoms with Crippen LogP contribution in [0.5, 0.6) is 0 Å². The highest BCUT2D eigenvalue weighted by Gasteiger charge is 2.29. The maximum atomic E-state index is 5.71. The van der Waals surface area contributed by atoms with Crippen LogP contribution in [0.4, 0.5) is 0 Å². The number of rotatable bonds is 5. The summed E-state index contributed by atoms with van der Waals surface area (Å²) in [5, 5.41) is 3.66. The SMILES string of the molecule is CCCC(NC1COC(C)(C)OC1)c1ccccc1. The lowest BCUT2D eigenvalue weighted by Crippen LogP contribution is -2.49. The fraction of sp³-hybridized carbons (Fsp3) is 0.625. The van der Waals surface area contributed by atoms with E-state index >= 15 is 0 Å². The van der Waals surface area contributed by atoms with E-state index in [4.69, 9.17) is 9.47 Å². The molecule has 1 fully saturated rings. The van der Waals surface area contributed by atoms with Gasteiger partial charge in [0, 0.05) is 6.04 Å². The second-order valence-electron chi connectivity index (χ2n) is 5.64. The Labute approximate surface area is 116 Å². The zero-order chi connectivity index (χ0) is 13.7. The van der Waals surface area contributed by atoms with Crippen molar-refractivity contribution in [2.75, 3.05) is 13.2 Å². The number of hydrogen-bond donors (Lipinski definition) is 1. The predicted molar refractivity (Wildman–Crippen MR) is 77.0 cm³/mol. The van der Waals surface area contributed by atoms with Crippen LogP contribution in [0.1, 0.15) is 45.2 Å². The van der Waals surface area contributed by atoms with Crippen molar-refractivity contribution in [2.24, 2.45) is 0 Å². The lowest BCUT2D eigenvalue weighted by Gasteiger charge is -2.37. The second-order valence-corrected chi connectivity index (χ2v) is 5.64. The Morgan fingerprint density at radius 1 is 1.21 bits per heavy atom. The van der Waals surface area contributed by atoms with Gasteiger partial charge in [0.05, 0.1) is 19.3 Å². The van der Waals surface area contributed by atoms with Gasteiger partial charge in [-0.1, -0.05) is 43.7 Å². The summed E-state index contributed by atoms with van der Waals surface area (Å²) < 4.78 is 11.4. The number of benzene rings is 1. The Morgan fingerprint density at radius 3 is 2.42 bits per heavy atom. The summed E-state index contributed by atoms with van der Waals surface area (Å²) in [5.41, 5.74) is 1.34. The van der Waals surface area contributed by atoms with Crippen molar-refractivity contribution in [3.63, 3.8) is 0 Å². The monoisotopic (exact) mass is 263 g/mol. The van der Waals surface area contributed by atoms with E-state index in [1.165, 1.54) is 5.56 Å². The van der Waals surface area contributed by atoms with Crippen LogP contribution in [-0.2, 0) is 9.47 Å². The summed E-state index contributed by atoms with van der Waals surface area (Å²) in [7, 11) is 0. The van der Waals surface area contributed by atoms with E-state index < -0.39 is 5.79 Å². The van der Waals surface area contributed by atoms with E-state index in [1.807, 2.05) is 13.8 Å². The van der Waals surface area contributed by atoms with Crippen LogP contribution in [0.2, 0.25) is 0 Å². The van der Waals surface area contributed by atoms with Gasteiger partial charge < -0.3 is 14.8 Å². The number of ether oxygens (including phenoxy) is 2. The third-order valence-corrected chi connectivity index (χ3v) is 3.48. The Balaban J connectivity index is 1.94. The average molecular weight is 263 g/mol. The first kappa shape index (κ1) is 14.5. The van der Waals surface area contributed by atoms with Crippen molar-refractivity contribution >= 4 is 0 Å². The van der Waals surface area contributed by atoms with Gasteiger partial charge in [0.15, 0.2) is 5.79 Å². The van der Waals surface area contributed by atoms with Crippen LogP contribution >= 0.6 is 0 Å². The molecule has 0 aromatic heterocycles. The molecule has 19 heavy (non-hydrogen) atoms. The molecule has 1 saturated heterocycles. The minimum atomic E-state index is -0.439. The van der Waals surface area contributed by atoms with Crippen molar-refractivity contribution in [2.45, 2.75) is 51.5 Å². The van der Waals surface area contributed by atoms with Crippen molar-refractivity contribution in [3.05, 3.63) is 35.9 Å². The minimum absolute atomic E-state index is 0.268. The Hall–Kier alpha value is -0.900. The molecule has 2 rings (SSSR count). The van der Waals surface area contributed by atoms with Crippen LogP contribution in [-0.4, -0.2) is 25.0 Å². The molecule has 1 aromatic rings. The molecule has 1 aliphatic heterocycles. The van der Waals surface area contributed by atoms with E-state index in [-0.39, 0.29) is 6.04 Å². The minimum Gasteiger partial charge on any atom is -0.349 e. The highest BCUT2D eigenvalue weighted by Crippen LogP contribution is 2.22. The summed E-state index contributed by atoms with van der Waals surface area (Å²) in [5.74, 6) is -0.439. The summed E-state index contributed by atoms with van der Waals surface area (Å²) in [6.07, 6.45) is 2.29. The molecule has 0 amide bonds. The van der Waals surface area contributed by atoms with Gasteiger partial charge in [-0.25, -0.2) is 0 Å². The summed E-state index contributed by atoms with van der Waals surface area (Å²) >= 11 is 0. The van der Waals surface area contributed by atoms with Gasteiger partial charge in [-0.05, 0) is 25.8 Å². The molecule has 3 heteroatoms. The molecule has 0 bridgehead atoms. The topological polar surface area (TPSA) is 30.5 Å². The molecule has 1 aliphatic rings. The molecule has 1 atom stereocenters. The van der Waals surface area contributed by atoms with Crippen molar-refractivity contribution in [1.29, 1.82) is 0 Å². The smallest absolute Gasteiger partial charge is 0.162 e. The fourth-order valence-corrected chi connectivity index (χ4v) is 2.39. The van der Waals surface area contributed by atoms with E-state index in [1.54, 1.807) is 0 Å². The zero-order valence-corrected chi connectivity index (χ0v) is 12.2. The van der Waals surface area contributed by atoms with Crippen LogP contribution in [0.3, 0.4) is 0 Å². The molecule has 106 valence electrons. The lowest BCUT2D eigenvalue weighted by atomic mass is 10.0. The molecule has 0 saturated carbocycles. The molecule has 3 nitrogen and oxygen atoms in total. The molecule has 0 aliphatic carbocycles. The van der Waals surface area contributed by atoms with Gasteiger partial charge in [-0.15, -0.1) is 0 Å². The maximum absolute atomic E-state index is 5.71. The largest absolute Gasteiger partial charge is 0.349 e. The van der Waals surface area contributed by atoms with Crippen molar-refractivity contribution in [3.8, 4) is 0 Å².